The molecule has 2 rings (SSSR count). The Kier molecular flexibility index (Phi) is 3.84. The van der Waals surface area contributed by atoms with E-state index in [1.54, 1.807) is 17.8 Å². The Morgan fingerprint density at radius 2 is 2.05 bits per heavy atom. The van der Waals surface area contributed by atoms with E-state index in [9.17, 15) is 13.2 Å². The molecule has 1 aromatic carbocycles. The number of hydrogen-bond acceptors (Lipinski definition) is 3. The second-order valence-corrected chi connectivity index (χ2v) is 4.10. The number of aryl methyl sites for hydroxylation is 1. The fraction of sp³-hybridized carbons (Fsp3) is 0.333. The number of nitrogens with one attached hydrogen (secondary N) is 1. The number of hydrogen-bond donors (Lipinski definition) is 1. The molecule has 0 saturated carbocycles. The zero-order valence-corrected chi connectivity index (χ0v) is 10.3. The number of halogens is 3. The largest absolute Gasteiger partial charge is 0.416 e. The highest BCUT2D eigenvalue weighted by atomic mass is 19.4. The van der Waals surface area contributed by atoms with E-state index in [-0.39, 0.29) is 0 Å². The second kappa shape index (κ2) is 5.40. The van der Waals surface area contributed by atoms with Gasteiger partial charge in [-0.2, -0.15) is 18.3 Å². The van der Waals surface area contributed by atoms with E-state index in [1.165, 1.54) is 12.4 Å². The topological polar surface area (TPSA) is 42.7 Å². The molecule has 7 heteroatoms. The summed E-state index contributed by atoms with van der Waals surface area (Å²) in [5, 5.41) is 6.94. The molecular formula is C12H13F3N4. The van der Waals surface area contributed by atoms with Gasteiger partial charge < -0.3 is 5.32 Å². The van der Waals surface area contributed by atoms with Crippen molar-refractivity contribution in [3.05, 3.63) is 47.5 Å². The molecular weight excluding hydrogens is 257 g/mol. The Labute approximate surface area is 108 Å². The first-order valence-electron chi connectivity index (χ1n) is 5.66. The van der Waals surface area contributed by atoms with Crippen LogP contribution < -0.4 is 5.32 Å². The minimum absolute atomic E-state index is 0.344. The first kappa shape index (κ1) is 13.5. The predicted molar refractivity (Wildman–Crippen MR) is 63.0 cm³/mol. The molecule has 0 spiro atoms. The maximum Gasteiger partial charge on any atom is 0.416 e. The summed E-state index contributed by atoms with van der Waals surface area (Å²) in [4.78, 5) is 4.01. The standard InChI is InChI=1S/C12H13F3N4/c1-19-11(17-8-18-19)7-16-6-9-3-2-4-10(5-9)12(13,14)15/h2-5,8,16H,6-7H2,1H3. The lowest BCUT2D eigenvalue weighted by Gasteiger charge is -2.09. The van der Waals surface area contributed by atoms with Crippen molar-refractivity contribution in [1.29, 1.82) is 0 Å². The molecule has 0 saturated heterocycles. The van der Waals surface area contributed by atoms with Crippen LogP contribution in [0.4, 0.5) is 13.2 Å². The van der Waals surface area contributed by atoms with Gasteiger partial charge in [-0.15, -0.1) is 0 Å². The van der Waals surface area contributed by atoms with E-state index in [0.29, 0.717) is 18.7 Å². The highest BCUT2D eigenvalue weighted by Gasteiger charge is 2.30. The average Bonchev–Trinajstić information content (AvgIpc) is 2.75. The average molecular weight is 270 g/mol. The molecule has 1 N–H and O–H groups in total. The van der Waals surface area contributed by atoms with Crippen LogP contribution in [0.5, 0.6) is 0 Å². The first-order chi connectivity index (χ1) is 8.97. The SMILES string of the molecule is Cn1ncnc1CNCc1cccc(C(F)(F)F)c1. The van der Waals surface area contributed by atoms with Crippen molar-refractivity contribution in [3.8, 4) is 0 Å². The van der Waals surface area contributed by atoms with Gasteiger partial charge in [-0.3, -0.25) is 4.68 Å². The zero-order valence-electron chi connectivity index (χ0n) is 10.3. The van der Waals surface area contributed by atoms with Gasteiger partial charge in [0.15, 0.2) is 0 Å². The minimum atomic E-state index is -4.31. The Morgan fingerprint density at radius 1 is 1.26 bits per heavy atom. The molecule has 0 amide bonds. The summed E-state index contributed by atoms with van der Waals surface area (Å²) in [6, 6.07) is 5.26. The third kappa shape index (κ3) is 3.54. The summed E-state index contributed by atoms with van der Waals surface area (Å²) >= 11 is 0. The minimum Gasteiger partial charge on any atom is -0.306 e. The van der Waals surface area contributed by atoms with E-state index < -0.39 is 11.7 Å². The van der Waals surface area contributed by atoms with Crippen molar-refractivity contribution in [2.75, 3.05) is 0 Å². The summed E-state index contributed by atoms with van der Waals surface area (Å²) in [6.45, 7) is 0.795. The van der Waals surface area contributed by atoms with E-state index in [1.807, 2.05) is 0 Å². The summed E-state index contributed by atoms with van der Waals surface area (Å²) < 4.78 is 39.2. The van der Waals surface area contributed by atoms with Gasteiger partial charge in [0.25, 0.3) is 0 Å². The lowest BCUT2D eigenvalue weighted by atomic mass is 10.1. The smallest absolute Gasteiger partial charge is 0.306 e. The molecule has 1 aromatic heterocycles. The van der Waals surface area contributed by atoms with Gasteiger partial charge >= 0.3 is 6.18 Å². The molecule has 19 heavy (non-hydrogen) atoms. The number of aromatic nitrogens is 3. The number of nitrogens with zero attached hydrogens (tertiary/aromatic N) is 3. The molecule has 0 radical (unpaired) electrons. The van der Waals surface area contributed by atoms with E-state index in [4.69, 9.17) is 0 Å². The molecule has 0 bridgehead atoms. The van der Waals surface area contributed by atoms with Gasteiger partial charge in [-0.05, 0) is 11.6 Å². The fourth-order valence-electron chi connectivity index (χ4n) is 1.66. The molecule has 0 atom stereocenters. The quantitative estimate of drug-likeness (QED) is 0.925. The third-order valence-electron chi connectivity index (χ3n) is 2.67. The Morgan fingerprint density at radius 3 is 2.68 bits per heavy atom. The van der Waals surface area contributed by atoms with Crippen LogP contribution in [-0.4, -0.2) is 14.8 Å². The number of rotatable bonds is 4. The predicted octanol–water partition coefficient (Wildman–Crippen LogP) is 2.12. The monoisotopic (exact) mass is 270 g/mol. The van der Waals surface area contributed by atoms with Crippen molar-refractivity contribution in [2.24, 2.45) is 7.05 Å². The number of alkyl halides is 3. The highest BCUT2D eigenvalue weighted by Crippen LogP contribution is 2.29. The second-order valence-electron chi connectivity index (χ2n) is 4.10. The fourth-order valence-corrected chi connectivity index (χ4v) is 1.66. The Bertz CT molecular complexity index is 548. The van der Waals surface area contributed by atoms with Gasteiger partial charge in [0.05, 0.1) is 12.1 Å². The Balaban J connectivity index is 1.95. The van der Waals surface area contributed by atoms with Crippen LogP contribution in [0.25, 0.3) is 0 Å². The van der Waals surface area contributed by atoms with Gasteiger partial charge in [-0.25, -0.2) is 4.98 Å². The van der Waals surface area contributed by atoms with Crippen molar-refractivity contribution in [1.82, 2.24) is 20.1 Å². The lowest BCUT2D eigenvalue weighted by molar-refractivity contribution is -0.137. The summed E-state index contributed by atoms with van der Waals surface area (Å²) in [5.74, 6) is 0.729. The van der Waals surface area contributed by atoms with Crippen LogP contribution in [0, 0.1) is 0 Å². The van der Waals surface area contributed by atoms with Gasteiger partial charge in [0, 0.05) is 13.6 Å². The van der Waals surface area contributed by atoms with Crippen LogP contribution in [0.1, 0.15) is 17.0 Å². The molecule has 0 aliphatic carbocycles. The third-order valence-corrected chi connectivity index (χ3v) is 2.67. The van der Waals surface area contributed by atoms with Crippen LogP contribution in [0.3, 0.4) is 0 Å². The summed E-state index contributed by atoms with van der Waals surface area (Å²) in [6.07, 6.45) is -2.87. The lowest BCUT2D eigenvalue weighted by Crippen LogP contribution is -2.16. The van der Waals surface area contributed by atoms with Crippen LogP contribution in [0.2, 0.25) is 0 Å². The first-order valence-corrected chi connectivity index (χ1v) is 5.66. The van der Waals surface area contributed by atoms with Crippen LogP contribution >= 0.6 is 0 Å². The molecule has 0 unspecified atom stereocenters. The molecule has 0 fully saturated rings. The molecule has 4 nitrogen and oxygen atoms in total. The van der Waals surface area contributed by atoms with Gasteiger partial charge in [0.1, 0.15) is 12.2 Å². The van der Waals surface area contributed by atoms with Crippen molar-refractivity contribution < 1.29 is 13.2 Å². The van der Waals surface area contributed by atoms with E-state index >= 15 is 0 Å². The van der Waals surface area contributed by atoms with E-state index in [0.717, 1.165) is 18.0 Å². The number of benzene rings is 1. The summed E-state index contributed by atoms with van der Waals surface area (Å²) in [7, 11) is 1.76. The highest BCUT2D eigenvalue weighted by molar-refractivity contribution is 5.25. The zero-order chi connectivity index (χ0) is 13.9. The normalized spacial score (nSPS) is 11.8. The van der Waals surface area contributed by atoms with Crippen molar-refractivity contribution >= 4 is 0 Å². The van der Waals surface area contributed by atoms with Gasteiger partial charge in [0.2, 0.25) is 0 Å². The van der Waals surface area contributed by atoms with Crippen LogP contribution in [-0.2, 0) is 26.3 Å². The molecule has 0 aliphatic rings. The molecule has 2 aromatic rings. The summed E-state index contributed by atoms with van der Waals surface area (Å²) in [5.41, 5.74) is -0.0533. The van der Waals surface area contributed by atoms with E-state index in [2.05, 4.69) is 15.4 Å². The van der Waals surface area contributed by atoms with Gasteiger partial charge in [-0.1, -0.05) is 18.2 Å². The molecule has 102 valence electrons. The van der Waals surface area contributed by atoms with Crippen molar-refractivity contribution in [3.63, 3.8) is 0 Å². The maximum atomic E-state index is 12.5. The Hall–Kier alpha value is -1.89. The molecule has 0 aliphatic heterocycles. The molecule has 1 heterocycles. The maximum absolute atomic E-state index is 12.5. The van der Waals surface area contributed by atoms with Crippen molar-refractivity contribution in [2.45, 2.75) is 19.3 Å². The van der Waals surface area contributed by atoms with Crippen LogP contribution in [0.15, 0.2) is 30.6 Å².